The fraction of sp³-hybridized carbons (Fsp3) is 0.0476. The van der Waals surface area contributed by atoms with Crippen LogP contribution in [0, 0.1) is 0 Å². The van der Waals surface area contributed by atoms with Gasteiger partial charge in [-0.1, -0.05) is 169 Å². The maximum Gasteiger partial charge on any atom is 0.416 e. The molecule has 11 heteroatoms. The second-order valence-corrected chi connectivity index (χ2v) is 23.1. The fourth-order valence-electron chi connectivity index (χ4n) is 11.9. The molecule has 0 N–H and O–H groups in total. The summed E-state index contributed by atoms with van der Waals surface area (Å²) in [5.41, 5.74) is 12.6. The van der Waals surface area contributed by atoms with Crippen molar-refractivity contribution in [3.05, 3.63) is 248 Å². The second kappa shape index (κ2) is 17.0. The van der Waals surface area contributed by atoms with E-state index in [9.17, 15) is 26.3 Å². The van der Waals surface area contributed by atoms with Crippen LogP contribution in [0.1, 0.15) is 11.1 Å². The van der Waals surface area contributed by atoms with Crippen LogP contribution in [0.5, 0.6) is 0 Å². The summed E-state index contributed by atoms with van der Waals surface area (Å²) in [7, 11) is -2.89. The van der Waals surface area contributed by atoms with Crippen molar-refractivity contribution >= 4 is 97.9 Å². The van der Waals surface area contributed by atoms with E-state index in [2.05, 4.69) is 130 Å². The molecule has 10 aromatic carbocycles. The van der Waals surface area contributed by atoms with Gasteiger partial charge in [0, 0.05) is 45.3 Å². The number of hydrogen-bond acceptors (Lipinski definition) is 3. The standard InChI is InChI=1S/C63H42BF6N3Si/c1-74(48-21-9-4-10-22-48)57-29-15-27-53-60(57)64-59-55(72(53)51-25-13-11-23-49(51)41-31-35-43(36-32-41)62(65,66)67)39-47(71(45-17-5-2-6-18-45)46-19-7-3-8-20-46)40-56(59)73(54-28-16-30-58(74)61(54)64)52-26-14-12-24-50(52)42-33-37-44(38-34-42)63(68,69)70/h2-40H,1H3. The Balaban J connectivity index is 1.17. The topological polar surface area (TPSA) is 9.72 Å². The van der Waals surface area contributed by atoms with Gasteiger partial charge in [0.05, 0.1) is 28.2 Å². The molecular weight excluding hydrogens is 952 g/mol. The Kier molecular flexibility index (Phi) is 10.4. The molecule has 3 heterocycles. The van der Waals surface area contributed by atoms with Gasteiger partial charge in [0.25, 0.3) is 6.71 Å². The van der Waals surface area contributed by atoms with Gasteiger partial charge < -0.3 is 14.7 Å². The van der Waals surface area contributed by atoms with Gasteiger partial charge in [0.1, 0.15) is 8.07 Å². The van der Waals surface area contributed by atoms with Crippen molar-refractivity contribution in [3.63, 3.8) is 0 Å². The van der Waals surface area contributed by atoms with Gasteiger partial charge in [0.15, 0.2) is 0 Å². The predicted octanol–water partition coefficient (Wildman–Crippen LogP) is 14.0. The third kappa shape index (κ3) is 7.05. The van der Waals surface area contributed by atoms with Crippen molar-refractivity contribution in [3.8, 4) is 22.3 Å². The second-order valence-electron chi connectivity index (χ2n) is 19.2. The van der Waals surface area contributed by atoms with Crippen LogP contribution >= 0.6 is 0 Å². The Morgan fingerprint density at radius 2 is 0.743 bits per heavy atom. The van der Waals surface area contributed by atoms with Gasteiger partial charge in [-0.2, -0.15) is 26.3 Å². The van der Waals surface area contributed by atoms with E-state index in [0.717, 1.165) is 92.0 Å². The highest BCUT2D eigenvalue weighted by atomic mass is 28.3. The fourth-order valence-corrected chi connectivity index (χ4v) is 16.2. The molecule has 0 fully saturated rings. The largest absolute Gasteiger partial charge is 0.416 e. The number of anilines is 9. The Hall–Kier alpha value is -8.54. The molecule has 3 nitrogen and oxygen atoms in total. The van der Waals surface area contributed by atoms with E-state index < -0.39 is 31.6 Å². The van der Waals surface area contributed by atoms with Crippen molar-refractivity contribution in [2.75, 3.05) is 14.7 Å². The average Bonchev–Trinajstić information content (AvgIpc) is 3.47. The van der Waals surface area contributed by atoms with Crippen LogP contribution in [-0.2, 0) is 12.4 Å². The molecule has 0 atom stereocenters. The summed E-state index contributed by atoms with van der Waals surface area (Å²) in [5.74, 6) is 0. The molecule has 0 aromatic heterocycles. The predicted molar refractivity (Wildman–Crippen MR) is 293 cm³/mol. The first-order valence-corrected chi connectivity index (χ1v) is 26.9. The van der Waals surface area contributed by atoms with Crippen molar-refractivity contribution in [2.45, 2.75) is 18.9 Å². The maximum atomic E-state index is 14.1. The van der Waals surface area contributed by atoms with E-state index in [1.165, 1.54) is 26.5 Å². The van der Waals surface area contributed by atoms with E-state index >= 15 is 0 Å². The Morgan fingerprint density at radius 1 is 0.365 bits per heavy atom. The van der Waals surface area contributed by atoms with Crippen molar-refractivity contribution < 1.29 is 26.3 Å². The lowest BCUT2D eigenvalue weighted by Crippen LogP contribution is -2.83. The summed E-state index contributed by atoms with van der Waals surface area (Å²) in [6, 6.07) is 75.4. The summed E-state index contributed by atoms with van der Waals surface area (Å²) in [4.78, 5) is 6.86. The zero-order valence-corrected chi connectivity index (χ0v) is 40.7. The van der Waals surface area contributed by atoms with E-state index in [4.69, 9.17) is 0 Å². The lowest BCUT2D eigenvalue weighted by Gasteiger charge is -2.51. The van der Waals surface area contributed by atoms with E-state index in [1.54, 1.807) is 24.3 Å². The van der Waals surface area contributed by atoms with Crippen LogP contribution in [0.15, 0.2) is 237 Å². The zero-order chi connectivity index (χ0) is 50.5. The Bertz CT molecular complexity index is 3570. The molecular formula is C63H42BF6N3Si. The minimum atomic E-state index is -4.51. The number of benzene rings is 10. The quantitative estimate of drug-likeness (QED) is 0.111. The molecule has 0 saturated heterocycles. The smallest absolute Gasteiger partial charge is 0.311 e. The van der Waals surface area contributed by atoms with Crippen LogP contribution in [0.25, 0.3) is 22.3 Å². The summed E-state index contributed by atoms with van der Waals surface area (Å²) < 4.78 is 84.6. The van der Waals surface area contributed by atoms with Crippen LogP contribution < -0.4 is 46.6 Å². The zero-order valence-electron chi connectivity index (χ0n) is 39.7. The SMILES string of the molecule is C[Si]1(c2ccccc2)c2cccc3c2B2c4c(cc(N(c5ccccc5)c5ccccc5)cc4N(c4ccccc4-c4ccc(C(F)(F)F)cc4)c4cccc1c42)N3c1ccccc1-c1ccc(C(F)(F)F)cc1. The first-order valence-electron chi connectivity index (χ1n) is 24.4. The van der Waals surface area contributed by atoms with Crippen LogP contribution in [0.2, 0.25) is 6.55 Å². The lowest BCUT2D eigenvalue weighted by molar-refractivity contribution is -0.138. The van der Waals surface area contributed by atoms with E-state index in [1.807, 2.05) is 78.9 Å². The molecule has 3 aliphatic rings. The molecule has 74 heavy (non-hydrogen) atoms. The third-order valence-electron chi connectivity index (χ3n) is 15.2. The van der Waals surface area contributed by atoms with Gasteiger partial charge in [0.2, 0.25) is 0 Å². The summed E-state index contributed by atoms with van der Waals surface area (Å²) in [6.07, 6.45) is -9.01. The molecule has 0 aliphatic carbocycles. The molecule has 0 unspecified atom stereocenters. The normalized spacial score (nSPS) is 13.9. The van der Waals surface area contributed by atoms with Gasteiger partial charge in [-0.15, -0.1) is 0 Å². The molecule has 13 rings (SSSR count). The number of nitrogens with zero attached hydrogens (tertiary/aromatic N) is 3. The lowest BCUT2D eigenvalue weighted by atomic mass is 9.33. The Labute approximate surface area is 425 Å². The summed E-state index contributed by atoms with van der Waals surface area (Å²) >= 11 is 0. The number of rotatable bonds is 8. The minimum absolute atomic E-state index is 0.262. The third-order valence-corrected chi connectivity index (χ3v) is 19.7. The highest BCUT2D eigenvalue weighted by Gasteiger charge is 2.54. The first kappa shape index (κ1) is 45.3. The summed E-state index contributed by atoms with van der Waals surface area (Å²) in [5, 5.41) is 3.77. The molecule has 0 saturated carbocycles. The van der Waals surface area contributed by atoms with Crippen molar-refractivity contribution in [1.82, 2.24) is 0 Å². The highest BCUT2D eigenvalue weighted by molar-refractivity contribution is 7.21. The van der Waals surface area contributed by atoms with Gasteiger partial charge >= 0.3 is 12.4 Å². The van der Waals surface area contributed by atoms with E-state index in [0.29, 0.717) is 11.1 Å². The molecule has 3 aliphatic heterocycles. The number of alkyl halides is 6. The van der Waals surface area contributed by atoms with Crippen molar-refractivity contribution in [2.24, 2.45) is 0 Å². The molecule has 358 valence electrons. The highest BCUT2D eigenvalue weighted by Crippen LogP contribution is 2.51. The molecule has 10 aromatic rings. The monoisotopic (exact) mass is 993 g/mol. The van der Waals surface area contributed by atoms with Gasteiger partial charge in [-0.05, 0) is 118 Å². The molecule has 0 radical (unpaired) electrons. The van der Waals surface area contributed by atoms with Gasteiger partial charge in [-0.25, -0.2) is 0 Å². The molecule has 0 bridgehead atoms. The van der Waals surface area contributed by atoms with Crippen LogP contribution in [-0.4, -0.2) is 14.8 Å². The number of halogens is 6. The number of para-hydroxylation sites is 4. The van der Waals surface area contributed by atoms with Crippen molar-refractivity contribution in [1.29, 1.82) is 0 Å². The molecule has 0 amide bonds. The first-order chi connectivity index (χ1) is 35.9. The van der Waals surface area contributed by atoms with Crippen LogP contribution in [0.3, 0.4) is 0 Å². The maximum absolute atomic E-state index is 14.1. The average molecular weight is 994 g/mol. The number of hydrogen-bond donors (Lipinski definition) is 0. The molecule has 0 spiro atoms. The summed E-state index contributed by atoms with van der Waals surface area (Å²) in [6.45, 7) is 2.16. The van der Waals surface area contributed by atoms with E-state index in [-0.39, 0.29) is 6.71 Å². The minimum Gasteiger partial charge on any atom is -0.311 e. The Morgan fingerprint density at radius 3 is 1.16 bits per heavy atom. The van der Waals surface area contributed by atoms with Crippen LogP contribution in [0.4, 0.5) is 77.5 Å². The van der Waals surface area contributed by atoms with Gasteiger partial charge in [-0.3, -0.25) is 0 Å².